The lowest BCUT2D eigenvalue weighted by Crippen LogP contribution is -2.28. The molecule has 9 nitrogen and oxygen atoms in total. The zero-order valence-corrected chi connectivity index (χ0v) is 16.4. The lowest BCUT2D eigenvalue weighted by molar-refractivity contribution is -0.385. The minimum atomic E-state index is -0.695. The summed E-state index contributed by atoms with van der Waals surface area (Å²) in [6.07, 6.45) is 0. The zero-order chi connectivity index (χ0) is 20.8. The number of non-ortho nitro benzene ring substituents is 1. The molecule has 0 amide bonds. The molecule has 0 saturated heterocycles. The highest BCUT2D eigenvalue weighted by Crippen LogP contribution is 2.31. The minimum absolute atomic E-state index is 0.0568. The van der Waals surface area contributed by atoms with Gasteiger partial charge in [-0.25, -0.2) is 9.59 Å². The van der Waals surface area contributed by atoms with Gasteiger partial charge in [0, 0.05) is 6.07 Å². The Balaban J connectivity index is 2.86. The molecular weight excluding hydrogens is 358 g/mol. The van der Waals surface area contributed by atoms with Crippen LogP contribution in [0.25, 0.3) is 0 Å². The highest BCUT2D eigenvalue weighted by Gasteiger charge is 2.21. The van der Waals surface area contributed by atoms with Crippen LogP contribution in [-0.2, 0) is 19.1 Å². The van der Waals surface area contributed by atoms with Crippen LogP contribution in [0.1, 0.15) is 41.5 Å². The third kappa shape index (κ3) is 8.89. The van der Waals surface area contributed by atoms with Crippen LogP contribution in [0.4, 0.5) is 5.69 Å². The molecule has 1 aromatic carbocycles. The Labute approximate surface area is 157 Å². The molecule has 9 heteroatoms. The van der Waals surface area contributed by atoms with Gasteiger partial charge >= 0.3 is 11.9 Å². The molecule has 1 rings (SSSR count). The van der Waals surface area contributed by atoms with Crippen molar-refractivity contribution < 1.29 is 33.5 Å². The number of nitro benzene ring substituents is 1. The van der Waals surface area contributed by atoms with Crippen molar-refractivity contribution in [2.24, 2.45) is 0 Å². The number of nitro groups is 1. The Morgan fingerprint density at radius 1 is 0.889 bits per heavy atom. The van der Waals surface area contributed by atoms with Gasteiger partial charge in [0.05, 0.1) is 11.0 Å². The van der Waals surface area contributed by atoms with Crippen molar-refractivity contribution in [2.75, 3.05) is 13.2 Å². The van der Waals surface area contributed by atoms with E-state index >= 15 is 0 Å². The average molecular weight is 383 g/mol. The van der Waals surface area contributed by atoms with Crippen LogP contribution in [0.5, 0.6) is 11.5 Å². The van der Waals surface area contributed by atoms with Crippen molar-refractivity contribution in [3.8, 4) is 11.5 Å². The van der Waals surface area contributed by atoms with Crippen LogP contribution in [0.3, 0.4) is 0 Å². The quantitative estimate of drug-likeness (QED) is 0.401. The lowest BCUT2D eigenvalue weighted by Gasteiger charge is -2.20. The third-order valence-corrected chi connectivity index (χ3v) is 2.67. The molecule has 1 aromatic rings. The van der Waals surface area contributed by atoms with E-state index in [9.17, 15) is 19.7 Å². The van der Waals surface area contributed by atoms with Crippen LogP contribution in [-0.4, -0.2) is 41.3 Å². The molecule has 0 spiro atoms. The summed E-state index contributed by atoms with van der Waals surface area (Å²) < 4.78 is 20.9. The molecule has 0 fully saturated rings. The first-order chi connectivity index (χ1) is 12.3. The van der Waals surface area contributed by atoms with Crippen molar-refractivity contribution in [1.29, 1.82) is 0 Å². The van der Waals surface area contributed by atoms with E-state index in [1.807, 2.05) is 0 Å². The molecule has 0 unspecified atom stereocenters. The topological polar surface area (TPSA) is 114 Å². The molecule has 0 aliphatic rings. The molecule has 0 heterocycles. The van der Waals surface area contributed by atoms with E-state index in [0.717, 1.165) is 6.07 Å². The molecule has 0 aromatic heterocycles. The van der Waals surface area contributed by atoms with Gasteiger partial charge in [0.15, 0.2) is 24.7 Å². The summed E-state index contributed by atoms with van der Waals surface area (Å²) in [4.78, 5) is 33.9. The molecule has 0 radical (unpaired) electrons. The minimum Gasteiger partial charge on any atom is -0.478 e. The van der Waals surface area contributed by atoms with E-state index in [1.165, 1.54) is 12.1 Å². The molecule has 0 atom stereocenters. The SMILES string of the molecule is CC(C)(C)OC(=O)COc1ccc([N+](=O)[O-])cc1OCC(=O)OC(C)(C)C. The van der Waals surface area contributed by atoms with Gasteiger partial charge in [0.25, 0.3) is 5.69 Å². The highest BCUT2D eigenvalue weighted by atomic mass is 16.6. The first kappa shape index (κ1) is 22.2. The second kappa shape index (κ2) is 8.70. The van der Waals surface area contributed by atoms with Crippen LogP contribution in [0.15, 0.2) is 18.2 Å². The number of hydrogen-bond donors (Lipinski definition) is 0. The number of nitrogens with zero attached hydrogens (tertiary/aromatic N) is 1. The summed E-state index contributed by atoms with van der Waals surface area (Å²) in [6.45, 7) is 9.36. The summed E-state index contributed by atoms with van der Waals surface area (Å²) in [5, 5.41) is 11.0. The van der Waals surface area contributed by atoms with Gasteiger partial charge in [-0.05, 0) is 47.6 Å². The Morgan fingerprint density at radius 2 is 1.33 bits per heavy atom. The van der Waals surface area contributed by atoms with Crippen molar-refractivity contribution in [3.63, 3.8) is 0 Å². The van der Waals surface area contributed by atoms with Crippen LogP contribution >= 0.6 is 0 Å². The van der Waals surface area contributed by atoms with Crippen molar-refractivity contribution in [2.45, 2.75) is 52.7 Å². The van der Waals surface area contributed by atoms with Gasteiger partial charge in [-0.2, -0.15) is 0 Å². The fourth-order valence-corrected chi connectivity index (χ4v) is 1.86. The standard InChI is InChI=1S/C18H25NO8/c1-17(2,3)26-15(20)10-24-13-8-7-12(19(22)23)9-14(13)25-11-16(21)27-18(4,5)6/h7-9H,10-11H2,1-6H3. The van der Waals surface area contributed by atoms with Gasteiger partial charge in [-0.1, -0.05) is 0 Å². The molecule has 0 N–H and O–H groups in total. The van der Waals surface area contributed by atoms with Gasteiger partial charge in [0.2, 0.25) is 0 Å². The maximum Gasteiger partial charge on any atom is 0.344 e. The number of benzene rings is 1. The summed E-state index contributed by atoms with van der Waals surface area (Å²) in [5.41, 5.74) is -1.62. The van der Waals surface area contributed by atoms with E-state index in [0.29, 0.717) is 0 Å². The molecule has 0 bridgehead atoms. The summed E-state index contributed by atoms with van der Waals surface area (Å²) in [6, 6.07) is 3.59. The Morgan fingerprint density at radius 3 is 1.74 bits per heavy atom. The predicted octanol–water partition coefficient (Wildman–Crippen LogP) is 3.04. The molecule has 27 heavy (non-hydrogen) atoms. The second-order valence-electron chi connectivity index (χ2n) is 7.64. The second-order valence-corrected chi connectivity index (χ2v) is 7.64. The number of ether oxygens (including phenoxy) is 4. The summed E-state index contributed by atoms with van der Waals surface area (Å²) in [5.74, 6) is -1.25. The molecule has 0 aliphatic heterocycles. The van der Waals surface area contributed by atoms with Gasteiger partial charge < -0.3 is 18.9 Å². The molecule has 0 aliphatic carbocycles. The lowest BCUT2D eigenvalue weighted by atomic mass is 10.2. The van der Waals surface area contributed by atoms with Crippen LogP contribution in [0, 0.1) is 10.1 Å². The monoisotopic (exact) mass is 383 g/mol. The highest BCUT2D eigenvalue weighted by molar-refractivity contribution is 5.72. The van der Waals surface area contributed by atoms with Gasteiger partial charge in [-0.15, -0.1) is 0 Å². The van der Waals surface area contributed by atoms with Crippen molar-refractivity contribution in [3.05, 3.63) is 28.3 Å². The Bertz CT molecular complexity index is 700. The zero-order valence-electron chi connectivity index (χ0n) is 16.4. The normalized spacial score (nSPS) is 11.5. The average Bonchev–Trinajstić information content (AvgIpc) is 2.47. The first-order valence-electron chi connectivity index (χ1n) is 8.24. The van der Waals surface area contributed by atoms with Crippen LogP contribution < -0.4 is 9.47 Å². The third-order valence-electron chi connectivity index (χ3n) is 2.67. The molecule has 150 valence electrons. The van der Waals surface area contributed by atoms with Gasteiger partial charge in [-0.3, -0.25) is 10.1 Å². The maximum atomic E-state index is 11.8. The smallest absolute Gasteiger partial charge is 0.344 e. The summed E-state index contributed by atoms with van der Waals surface area (Å²) in [7, 11) is 0. The fraction of sp³-hybridized carbons (Fsp3) is 0.556. The summed E-state index contributed by atoms with van der Waals surface area (Å²) >= 11 is 0. The van der Waals surface area contributed by atoms with E-state index in [4.69, 9.17) is 18.9 Å². The Hall–Kier alpha value is -2.84. The predicted molar refractivity (Wildman–Crippen MR) is 95.8 cm³/mol. The largest absolute Gasteiger partial charge is 0.478 e. The van der Waals surface area contributed by atoms with E-state index in [2.05, 4.69) is 0 Å². The number of carbonyl (C=O) groups is 2. The maximum absolute atomic E-state index is 11.8. The molecular formula is C18H25NO8. The Kier molecular flexibility index (Phi) is 7.15. The van der Waals surface area contributed by atoms with E-state index in [1.54, 1.807) is 41.5 Å². The number of hydrogen-bond acceptors (Lipinski definition) is 8. The number of rotatable bonds is 7. The fourth-order valence-electron chi connectivity index (χ4n) is 1.86. The van der Waals surface area contributed by atoms with Crippen molar-refractivity contribution >= 4 is 17.6 Å². The number of carbonyl (C=O) groups excluding carboxylic acids is 2. The van der Waals surface area contributed by atoms with E-state index in [-0.39, 0.29) is 17.2 Å². The van der Waals surface area contributed by atoms with Gasteiger partial charge in [0.1, 0.15) is 11.2 Å². The van der Waals surface area contributed by atoms with Crippen molar-refractivity contribution in [1.82, 2.24) is 0 Å². The molecule has 0 saturated carbocycles. The van der Waals surface area contributed by atoms with Crippen LogP contribution in [0.2, 0.25) is 0 Å². The number of esters is 2. The van der Waals surface area contributed by atoms with E-state index < -0.39 is 41.3 Å². The first-order valence-corrected chi connectivity index (χ1v) is 8.24.